The molecule has 0 spiro atoms. The monoisotopic (exact) mass is 165 g/mol. The largest absolute Gasteiger partial charge is 0.292 e. The zero-order chi connectivity index (χ0) is 7.94. The van der Waals surface area contributed by atoms with Crippen molar-refractivity contribution < 1.29 is 0 Å². The van der Waals surface area contributed by atoms with Gasteiger partial charge in [0, 0.05) is 18.5 Å². The molecular weight excluding hydrogens is 154 g/mol. The van der Waals surface area contributed by atoms with Gasteiger partial charge in [-0.1, -0.05) is 30.3 Å². The Labute approximate surface area is 72.6 Å². The molecular formula is C9H11NS. The van der Waals surface area contributed by atoms with E-state index in [-0.39, 0.29) is 0 Å². The van der Waals surface area contributed by atoms with E-state index in [2.05, 4.69) is 17.6 Å². The van der Waals surface area contributed by atoms with Gasteiger partial charge >= 0.3 is 0 Å². The summed E-state index contributed by atoms with van der Waals surface area (Å²) in [7, 11) is 0. The molecule has 58 valence electrons. The number of benzene rings is 1. The second-order valence-corrected chi connectivity index (χ2v) is 2.62. The fourth-order valence-electron chi connectivity index (χ4n) is 0.767. The molecule has 1 rings (SSSR count). The molecule has 0 radical (unpaired) electrons. The summed E-state index contributed by atoms with van der Waals surface area (Å²) in [6.07, 6.45) is 1.87. The topological polar surface area (TPSA) is 12.4 Å². The van der Waals surface area contributed by atoms with Crippen LogP contribution >= 0.6 is 12.6 Å². The number of hydrogen-bond donors (Lipinski definition) is 1. The molecule has 1 nitrogen and oxygen atoms in total. The Morgan fingerprint density at radius 1 is 1.27 bits per heavy atom. The molecule has 11 heavy (non-hydrogen) atoms. The highest BCUT2D eigenvalue weighted by Gasteiger charge is 1.81. The van der Waals surface area contributed by atoms with Crippen LogP contribution in [-0.4, -0.2) is 18.5 Å². The SMILES string of the molecule is SCC/N=C\c1ccccc1. The first-order valence-corrected chi connectivity index (χ1v) is 4.22. The molecule has 0 heterocycles. The molecule has 0 atom stereocenters. The molecule has 0 N–H and O–H groups in total. The van der Waals surface area contributed by atoms with Crippen LogP contribution in [0, 0.1) is 0 Å². The van der Waals surface area contributed by atoms with Crippen LogP contribution in [0.4, 0.5) is 0 Å². The second-order valence-electron chi connectivity index (χ2n) is 2.17. The Hall–Kier alpha value is -0.760. The molecule has 0 fully saturated rings. The van der Waals surface area contributed by atoms with E-state index in [4.69, 9.17) is 0 Å². The van der Waals surface area contributed by atoms with Crippen LogP contribution in [0.15, 0.2) is 35.3 Å². The van der Waals surface area contributed by atoms with E-state index in [0.717, 1.165) is 17.9 Å². The van der Waals surface area contributed by atoms with Gasteiger partial charge in [0.1, 0.15) is 0 Å². The average Bonchev–Trinajstić information content (AvgIpc) is 2.07. The zero-order valence-electron chi connectivity index (χ0n) is 6.27. The number of hydrogen-bond acceptors (Lipinski definition) is 2. The van der Waals surface area contributed by atoms with Gasteiger partial charge < -0.3 is 0 Å². The minimum atomic E-state index is 0.790. The summed E-state index contributed by atoms with van der Waals surface area (Å²) in [6.45, 7) is 0.790. The first-order valence-electron chi connectivity index (χ1n) is 3.59. The zero-order valence-corrected chi connectivity index (χ0v) is 7.17. The standard InChI is InChI=1S/C9H11NS/c11-7-6-10-8-9-4-2-1-3-5-9/h1-5,8,11H,6-7H2/b10-8-. The van der Waals surface area contributed by atoms with Gasteiger partial charge in [0.25, 0.3) is 0 Å². The lowest BCUT2D eigenvalue weighted by Crippen LogP contribution is -1.83. The van der Waals surface area contributed by atoms with E-state index in [1.165, 1.54) is 0 Å². The van der Waals surface area contributed by atoms with Gasteiger partial charge in [-0.05, 0) is 5.56 Å². The Kier molecular flexibility index (Phi) is 3.76. The van der Waals surface area contributed by atoms with Gasteiger partial charge in [0.15, 0.2) is 0 Å². The lowest BCUT2D eigenvalue weighted by atomic mass is 10.2. The van der Waals surface area contributed by atoms with Crippen LogP contribution in [0.1, 0.15) is 5.56 Å². The third kappa shape index (κ3) is 3.23. The van der Waals surface area contributed by atoms with Crippen LogP contribution in [0.3, 0.4) is 0 Å². The highest BCUT2D eigenvalue weighted by molar-refractivity contribution is 7.80. The van der Waals surface area contributed by atoms with Crippen LogP contribution in [0.25, 0.3) is 0 Å². The molecule has 0 aliphatic heterocycles. The van der Waals surface area contributed by atoms with Crippen LogP contribution in [0.5, 0.6) is 0 Å². The quantitative estimate of drug-likeness (QED) is 0.520. The number of aliphatic imine (C=N–C) groups is 1. The normalized spacial score (nSPS) is 10.6. The van der Waals surface area contributed by atoms with Crippen molar-refractivity contribution in [1.82, 2.24) is 0 Å². The minimum Gasteiger partial charge on any atom is -0.292 e. The molecule has 0 amide bonds. The first kappa shape index (κ1) is 8.34. The van der Waals surface area contributed by atoms with Crippen molar-refractivity contribution in [1.29, 1.82) is 0 Å². The molecule has 1 aromatic carbocycles. The summed E-state index contributed by atoms with van der Waals surface area (Å²) in [5.74, 6) is 0.809. The summed E-state index contributed by atoms with van der Waals surface area (Å²) >= 11 is 4.05. The molecule has 0 unspecified atom stereocenters. The van der Waals surface area contributed by atoms with E-state index in [9.17, 15) is 0 Å². The highest BCUT2D eigenvalue weighted by atomic mass is 32.1. The Morgan fingerprint density at radius 2 is 2.00 bits per heavy atom. The fourth-order valence-corrected chi connectivity index (χ4v) is 0.882. The third-order valence-corrected chi connectivity index (χ3v) is 1.47. The predicted molar refractivity (Wildman–Crippen MR) is 52.8 cm³/mol. The van der Waals surface area contributed by atoms with E-state index >= 15 is 0 Å². The van der Waals surface area contributed by atoms with Gasteiger partial charge in [-0.25, -0.2) is 0 Å². The predicted octanol–water partition coefficient (Wildman–Crippen LogP) is 2.04. The van der Waals surface area contributed by atoms with E-state index in [1.54, 1.807) is 0 Å². The van der Waals surface area contributed by atoms with Crippen LogP contribution in [0.2, 0.25) is 0 Å². The number of nitrogens with zero attached hydrogens (tertiary/aromatic N) is 1. The summed E-state index contributed by atoms with van der Waals surface area (Å²) in [5.41, 5.74) is 1.15. The summed E-state index contributed by atoms with van der Waals surface area (Å²) in [4.78, 5) is 4.16. The second kappa shape index (κ2) is 4.97. The van der Waals surface area contributed by atoms with E-state index < -0.39 is 0 Å². The smallest absolute Gasteiger partial charge is 0.0477 e. The van der Waals surface area contributed by atoms with Crippen molar-refractivity contribution in [2.24, 2.45) is 4.99 Å². The summed E-state index contributed by atoms with van der Waals surface area (Å²) in [6, 6.07) is 10.1. The van der Waals surface area contributed by atoms with Crippen LogP contribution in [-0.2, 0) is 0 Å². The maximum atomic E-state index is 4.16. The molecule has 0 saturated carbocycles. The Morgan fingerprint density at radius 3 is 2.64 bits per heavy atom. The molecule has 0 aliphatic carbocycles. The maximum absolute atomic E-state index is 4.16. The summed E-state index contributed by atoms with van der Waals surface area (Å²) in [5, 5.41) is 0. The van der Waals surface area contributed by atoms with Crippen LogP contribution < -0.4 is 0 Å². The first-order chi connectivity index (χ1) is 5.43. The van der Waals surface area contributed by atoms with Crippen molar-refractivity contribution >= 4 is 18.8 Å². The van der Waals surface area contributed by atoms with Crippen molar-refractivity contribution in [2.45, 2.75) is 0 Å². The number of rotatable bonds is 3. The minimum absolute atomic E-state index is 0.790. The highest BCUT2D eigenvalue weighted by Crippen LogP contribution is 1.93. The van der Waals surface area contributed by atoms with E-state index in [0.29, 0.717) is 0 Å². The lowest BCUT2D eigenvalue weighted by molar-refractivity contribution is 1.16. The van der Waals surface area contributed by atoms with Crippen molar-refractivity contribution in [3.8, 4) is 0 Å². The van der Waals surface area contributed by atoms with Crippen molar-refractivity contribution in [3.05, 3.63) is 35.9 Å². The molecule has 2 heteroatoms. The Balaban J connectivity index is 2.50. The van der Waals surface area contributed by atoms with Crippen molar-refractivity contribution in [2.75, 3.05) is 12.3 Å². The summed E-state index contributed by atoms with van der Waals surface area (Å²) < 4.78 is 0. The Bertz CT molecular complexity index is 218. The molecule has 0 aliphatic rings. The fraction of sp³-hybridized carbons (Fsp3) is 0.222. The molecule has 1 aromatic rings. The van der Waals surface area contributed by atoms with Gasteiger partial charge in [-0.2, -0.15) is 12.6 Å². The van der Waals surface area contributed by atoms with Gasteiger partial charge in [-0.3, -0.25) is 4.99 Å². The van der Waals surface area contributed by atoms with E-state index in [1.807, 2.05) is 36.5 Å². The van der Waals surface area contributed by atoms with Gasteiger partial charge in [0.2, 0.25) is 0 Å². The van der Waals surface area contributed by atoms with Crippen molar-refractivity contribution in [3.63, 3.8) is 0 Å². The third-order valence-electron chi connectivity index (χ3n) is 1.27. The lowest BCUT2D eigenvalue weighted by Gasteiger charge is -1.89. The van der Waals surface area contributed by atoms with Gasteiger partial charge in [-0.15, -0.1) is 0 Å². The average molecular weight is 165 g/mol. The molecule has 0 bridgehead atoms. The molecule has 0 saturated heterocycles. The maximum Gasteiger partial charge on any atom is 0.0477 e. The number of thiol groups is 1. The van der Waals surface area contributed by atoms with Gasteiger partial charge in [0.05, 0.1) is 0 Å². The molecule has 0 aromatic heterocycles.